The standard InChI is InChI=1S/C65H114O6/c1-4-7-10-13-16-19-22-25-28-29-30-31-32-33-34-35-38-40-43-46-49-52-55-58-64(67)70-61-62(71-65(68)59-56-53-50-47-44-41-37-27-24-21-18-15-12-9-6-3)60-69-63(66)57-54-51-48-45-42-39-36-26-23-20-17-14-11-8-5-2/h17-18,20-22,25-27,29-30,36-37,62H,4-16,19,23-24,28,31-35,38-61H2,1-3H3/b20-17-,21-18-,25-22-,30-29-,36-26-,37-27-. The van der Waals surface area contributed by atoms with E-state index in [2.05, 4.69) is 93.7 Å². The second-order valence-electron chi connectivity index (χ2n) is 20.2. The van der Waals surface area contributed by atoms with Crippen LogP contribution in [0.1, 0.15) is 303 Å². The molecular weight excluding hydrogens is 877 g/mol. The Morgan fingerprint density at radius 2 is 0.507 bits per heavy atom. The van der Waals surface area contributed by atoms with E-state index in [-0.39, 0.29) is 31.1 Å². The minimum absolute atomic E-state index is 0.0859. The molecule has 71 heavy (non-hydrogen) atoms. The molecule has 0 bridgehead atoms. The molecule has 0 fully saturated rings. The SMILES string of the molecule is CCCCC/C=C\C/C=C\CCCCCCCC(=O)OCC(COC(=O)CCCCCCCCCCCCC/C=C\C/C=C\CCCCCCC)OC(=O)CCCCCCC/C=C\C/C=C\CCCCC. The molecule has 1 unspecified atom stereocenters. The lowest BCUT2D eigenvalue weighted by molar-refractivity contribution is -0.167. The first-order chi connectivity index (χ1) is 35.0. The van der Waals surface area contributed by atoms with Crippen molar-refractivity contribution in [2.75, 3.05) is 13.2 Å². The summed E-state index contributed by atoms with van der Waals surface area (Å²) >= 11 is 0. The quantitative estimate of drug-likeness (QED) is 0.0261. The molecule has 0 aliphatic carbocycles. The van der Waals surface area contributed by atoms with E-state index >= 15 is 0 Å². The smallest absolute Gasteiger partial charge is 0.306 e. The van der Waals surface area contributed by atoms with Crippen LogP contribution in [0, 0.1) is 0 Å². The monoisotopic (exact) mass is 991 g/mol. The number of allylic oxidation sites excluding steroid dienone is 12. The second-order valence-corrected chi connectivity index (χ2v) is 20.2. The summed E-state index contributed by atoms with van der Waals surface area (Å²) < 4.78 is 16.9. The fraction of sp³-hybridized carbons (Fsp3) is 0.769. The van der Waals surface area contributed by atoms with Crippen LogP contribution in [0.5, 0.6) is 0 Å². The fourth-order valence-corrected chi connectivity index (χ4v) is 8.53. The maximum atomic E-state index is 12.9. The summed E-state index contributed by atoms with van der Waals surface area (Å²) in [6.07, 6.45) is 76.1. The molecule has 0 saturated carbocycles. The van der Waals surface area contributed by atoms with E-state index in [1.807, 2.05) is 0 Å². The first kappa shape index (κ1) is 67.8. The molecule has 0 N–H and O–H groups in total. The molecule has 0 aliphatic heterocycles. The van der Waals surface area contributed by atoms with Crippen LogP contribution < -0.4 is 0 Å². The maximum absolute atomic E-state index is 12.9. The molecule has 0 aliphatic rings. The van der Waals surface area contributed by atoms with Crippen LogP contribution in [-0.4, -0.2) is 37.2 Å². The van der Waals surface area contributed by atoms with Crippen molar-refractivity contribution in [3.8, 4) is 0 Å². The number of unbranched alkanes of at least 4 members (excludes halogenated alkanes) is 32. The molecule has 0 heterocycles. The molecular formula is C65H114O6. The van der Waals surface area contributed by atoms with Crippen molar-refractivity contribution in [1.82, 2.24) is 0 Å². The summed E-state index contributed by atoms with van der Waals surface area (Å²) in [7, 11) is 0. The van der Waals surface area contributed by atoms with E-state index in [0.717, 1.165) is 109 Å². The van der Waals surface area contributed by atoms with Crippen LogP contribution >= 0.6 is 0 Å². The highest BCUT2D eigenvalue weighted by Crippen LogP contribution is 2.15. The highest BCUT2D eigenvalue weighted by Gasteiger charge is 2.19. The van der Waals surface area contributed by atoms with Crippen molar-refractivity contribution in [3.63, 3.8) is 0 Å². The number of hydrogen-bond donors (Lipinski definition) is 0. The van der Waals surface area contributed by atoms with Gasteiger partial charge in [-0.1, -0.05) is 241 Å². The number of ether oxygens (including phenoxy) is 3. The van der Waals surface area contributed by atoms with E-state index in [9.17, 15) is 14.4 Å². The van der Waals surface area contributed by atoms with Crippen molar-refractivity contribution in [2.45, 2.75) is 309 Å². The third-order valence-corrected chi connectivity index (χ3v) is 13.2. The first-order valence-electron chi connectivity index (χ1n) is 30.4. The van der Waals surface area contributed by atoms with Crippen LogP contribution in [0.3, 0.4) is 0 Å². The van der Waals surface area contributed by atoms with Crippen LogP contribution in [0.4, 0.5) is 0 Å². The van der Waals surface area contributed by atoms with E-state index in [0.29, 0.717) is 19.3 Å². The molecule has 1 atom stereocenters. The number of carbonyl (C=O) groups excluding carboxylic acids is 3. The van der Waals surface area contributed by atoms with Gasteiger partial charge >= 0.3 is 17.9 Å². The van der Waals surface area contributed by atoms with Crippen LogP contribution in [0.25, 0.3) is 0 Å². The highest BCUT2D eigenvalue weighted by atomic mass is 16.6. The van der Waals surface area contributed by atoms with Gasteiger partial charge in [0, 0.05) is 19.3 Å². The number of hydrogen-bond acceptors (Lipinski definition) is 6. The maximum Gasteiger partial charge on any atom is 0.306 e. The van der Waals surface area contributed by atoms with Crippen molar-refractivity contribution in [2.24, 2.45) is 0 Å². The van der Waals surface area contributed by atoms with Crippen LogP contribution in [0.2, 0.25) is 0 Å². The summed E-state index contributed by atoms with van der Waals surface area (Å²) in [5, 5.41) is 0. The van der Waals surface area contributed by atoms with Crippen LogP contribution in [-0.2, 0) is 28.6 Å². The summed E-state index contributed by atoms with van der Waals surface area (Å²) in [4.78, 5) is 38.2. The van der Waals surface area contributed by atoms with E-state index < -0.39 is 6.10 Å². The van der Waals surface area contributed by atoms with E-state index in [4.69, 9.17) is 14.2 Å². The Morgan fingerprint density at radius 1 is 0.282 bits per heavy atom. The summed E-state index contributed by atoms with van der Waals surface area (Å²) in [6, 6.07) is 0. The largest absolute Gasteiger partial charge is 0.462 e. The zero-order chi connectivity index (χ0) is 51.4. The molecule has 0 radical (unpaired) electrons. The summed E-state index contributed by atoms with van der Waals surface area (Å²) in [5.74, 6) is -0.906. The van der Waals surface area contributed by atoms with E-state index in [1.165, 1.54) is 154 Å². The van der Waals surface area contributed by atoms with Gasteiger partial charge in [0.15, 0.2) is 6.10 Å². The Hall–Kier alpha value is -3.15. The van der Waals surface area contributed by atoms with Gasteiger partial charge in [0.25, 0.3) is 0 Å². The zero-order valence-electron chi connectivity index (χ0n) is 47.0. The molecule has 0 amide bonds. The zero-order valence-corrected chi connectivity index (χ0v) is 47.0. The topological polar surface area (TPSA) is 78.9 Å². The average molecular weight is 992 g/mol. The van der Waals surface area contributed by atoms with Crippen molar-refractivity contribution in [1.29, 1.82) is 0 Å². The van der Waals surface area contributed by atoms with Crippen molar-refractivity contribution < 1.29 is 28.6 Å². The summed E-state index contributed by atoms with van der Waals surface area (Å²) in [6.45, 7) is 6.58. The molecule has 0 rings (SSSR count). The van der Waals surface area contributed by atoms with Crippen molar-refractivity contribution in [3.05, 3.63) is 72.9 Å². The number of carbonyl (C=O) groups is 3. The molecule has 0 aromatic carbocycles. The average Bonchev–Trinajstić information content (AvgIpc) is 3.37. The van der Waals surface area contributed by atoms with Gasteiger partial charge in [0.05, 0.1) is 0 Å². The van der Waals surface area contributed by atoms with Gasteiger partial charge in [-0.3, -0.25) is 14.4 Å². The first-order valence-corrected chi connectivity index (χ1v) is 30.4. The normalized spacial score (nSPS) is 12.5. The minimum atomic E-state index is -0.790. The van der Waals surface area contributed by atoms with E-state index in [1.54, 1.807) is 0 Å². The lowest BCUT2D eigenvalue weighted by Crippen LogP contribution is -2.30. The van der Waals surface area contributed by atoms with Gasteiger partial charge < -0.3 is 14.2 Å². The van der Waals surface area contributed by atoms with Gasteiger partial charge in [-0.15, -0.1) is 0 Å². The van der Waals surface area contributed by atoms with Crippen molar-refractivity contribution >= 4 is 17.9 Å². The Morgan fingerprint density at radius 3 is 0.803 bits per heavy atom. The third-order valence-electron chi connectivity index (χ3n) is 13.2. The van der Waals surface area contributed by atoms with Gasteiger partial charge in [-0.05, 0) is 116 Å². The molecule has 0 saturated heterocycles. The lowest BCUT2D eigenvalue weighted by atomic mass is 10.0. The second kappa shape index (κ2) is 59.4. The molecule has 6 nitrogen and oxygen atoms in total. The fourth-order valence-electron chi connectivity index (χ4n) is 8.53. The lowest BCUT2D eigenvalue weighted by Gasteiger charge is -2.18. The van der Waals surface area contributed by atoms with Gasteiger partial charge in [0.2, 0.25) is 0 Å². The highest BCUT2D eigenvalue weighted by molar-refractivity contribution is 5.71. The Bertz CT molecular complexity index is 1320. The third kappa shape index (κ3) is 57.6. The predicted molar refractivity (Wildman–Crippen MR) is 307 cm³/mol. The van der Waals surface area contributed by atoms with Gasteiger partial charge in [0.1, 0.15) is 13.2 Å². The Labute approximate surface area is 440 Å². The summed E-state index contributed by atoms with van der Waals surface area (Å²) in [5.41, 5.74) is 0. The van der Waals surface area contributed by atoms with Crippen LogP contribution in [0.15, 0.2) is 72.9 Å². The van der Waals surface area contributed by atoms with Gasteiger partial charge in [-0.25, -0.2) is 0 Å². The molecule has 0 aromatic rings. The number of esters is 3. The Kier molecular flexibility index (Phi) is 56.8. The Balaban J connectivity index is 4.35. The van der Waals surface area contributed by atoms with Gasteiger partial charge in [-0.2, -0.15) is 0 Å². The molecule has 0 aromatic heterocycles. The number of rotatable bonds is 55. The predicted octanol–water partition coefficient (Wildman–Crippen LogP) is 20.5. The molecule has 6 heteroatoms. The molecule has 410 valence electrons. The minimum Gasteiger partial charge on any atom is -0.462 e. The molecule has 0 spiro atoms.